The Balaban J connectivity index is 1.67. The topological polar surface area (TPSA) is 29.1 Å². The summed E-state index contributed by atoms with van der Waals surface area (Å²) in [6.07, 6.45) is 3.31. The zero-order valence-electron chi connectivity index (χ0n) is 12.6. The van der Waals surface area contributed by atoms with E-state index >= 15 is 0 Å². The smallest absolute Gasteiger partial charge is 0.220 e. The molecule has 0 radical (unpaired) electrons. The van der Waals surface area contributed by atoms with Crippen molar-refractivity contribution in [3.8, 4) is 0 Å². The molecule has 2 rings (SSSR count). The molecule has 1 N–H and O–H groups in total. The Hall–Kier alpha value is -2.09. The van der Waals surface area contributed by atoms with Gasteiger partial charge in [0.15, 0.2) is 0 Å². The zero-order valence-corrected chi connectivity index (χ0v) is 12.6. The molecule has 0 fully saturated rings. The summed E-state index contributed by atoms with van der Waals surface area (Å²) < 4.78 is 0. The first-order valence-corrected chi connectivity index (χ1v) is 7.66. The lowest BCUT2D eigenvalue weighted by atomic mass is 10.1. The maximum Gasteiger partial charge on any atom is 0.220 e. The summed E-state index contributed by atoms with van der Waals surface area (Å²) in [7, 11) is 0. The highest BCUT2D eigenvalue weighted by molar-refractivity contribution is 5.76. The number of carbonyl (C=O) groups is 1. The Labute approximate surface area is 127 Å². The van der Waals surface area contributed by atoms with Crippen LogP contribution in [0.2, 0.25) is 0 Å². The summed E-state index contributed by atoms with van der Waals surface area (Å²) in [5, 5.41) is 2.99. The van der Waals surface area contributed by atoms with E-state index < -0.39 is 0 Å². The minimum Gasteiger partial charge on any atom is -0.356 e. The van der Waals surface area contributed by atoms with Crippen LogP contribution in [0.4, 0.5) is 0 Å². The number of hydrogen-bond acceptors (Lipinski definition) is 1. The molecule has 2 aromatic carbocycles. The summed E-state index contributed by atoms with van der Waals surface area (Å²) in [4.78, 5) is 11.8. The highest BCUT2D eigenvalue weighted by atomic mass is 16.1. The second-order valence-electron chi connectivity index (χ2n) is 5.26. The van der Waals surface area contributed by atoms with Gasteiger partial charge in [-0.15, -0.1) is 0 Å². The SMILES string of the molecule is CCc1ccc(CCC(=O)NCCc2ccccc2)cc1. The predicted molar refractivity (Wildman–Crippen MR) is 87.3 cm³/mol. The molecule has 1 amide bonds. The standard InChI is InChI=1S/C19H23NO/c1-2-16-8-10-18(11-9-16)12-13-19(21)20-15-14-17-6-4-3-5-7-17/h3-11H,2,12-15H2,1H3,(H,20,21). The number of amides is 1. The summed E-state index contributed by atoms with van der Waals surface area (Å²) >= 11 is 0. The van der Waals surface area contributed by atoms with Gasteiger partial charge >= 0.3 is 0 Å². The summed E-state index contributed by atoms with van der Waals surface area (Å²) in [6, 6.07) is 18.8. The lowest BCUT2D eigenvalue weighted by Gasteiger charge is -2.06. The third-order valence-electron chi connectivity index (χ3n) is 3.65. The quantitative estimate of drug-likeness (QED) is 0.826. The van der Waals surface area contributed by atoms with Crippen LogP contribution in [0.25, 0.3) is 0 Å². The first kappa shape index (κ1) is 15.3. The van der Waals surface area contributed by atoms with Crippen molar-refractivity contribution < 1.29 is 4.79 Å². The molecule has 0 unspecified atom stereocenters. The lowest BCUT2D eigenvalue weighted by molar-refractivity contribution is -0.121. The average Bonchev–Trinajstić information content (AvgIpc) is 2.54. The zero-order chi connectivity index (χ0) is 14.9. The van der Waals surface area contributed by atoms with E-state index in [0.29, 0.717) is 13.0 Å². The van der Waals surface area contributed by atoms with Gasteiger partial charge in [-0.25, -0.2) is 0 Å². The fourth-order valence-electron chi connectivity index (χ4n) is 2.28. The maximum absolute atomic E-state index is 11.8. The van der Waals surface area contributed by atoms with Crippen LogP contribution in [-0.2, 0) is 24.1 Å². The summed E-state index contributed by atoms with van der Waals surface area (Å²) in [6.45, 7) is 2.85. The lowest BCUT2D eigenvalue weighted by Crippen LogP contribution is -2.25. The van der Waals surface area contributed by atoms with Crippen LogP contribution < -0.4 is 5.32 Å². The number of hydrogen-bond donors (Lipinski definition) is 1. The van der Waals surface area contributed by atoms with Gasteiger partial charge in [-0.3, -0.25) is 4.79 Å². The summed E-state index contributed by atoms with van der Waals surface area (Å²) in [5.74, 6) is 0.130. The van der Waals surface area contributed by atoms with Crippen LogP contribution in [0.15, 0.2) is 54.6 Å². The summed E-state index contributed by atoms with van der Waals surface area (Å²) in [5.41, 5.74) is 3.82. The van der Waals surface area contributed by atoms with Crippen molar-refractivity contribution in [2.24, 2.45) is 0 Å². The molecular weight excluding hydrogens is 258 g/mol. The fourth-order valence-corrected chi connectivity index (χ4v) is 2.28. The molecule has 0 aliphatic carbocycles. The number of aryl methyl sites for hydroxylation is 2. The molecule has 0 aliphatic heterocycles. The largest absolute Gasteiger partial charge is 0.356 e. The molecule has 2 nitrogen and oxygen atoms in total. The van der Waals surface area contributed by atoms with Gasteiger partial charge in [-0.05, 0) is 36.0 Å². The average molecular weight is 281 g/mol. The van der Waals surface area contributed by atoms with Gasteiger partial charge in [-0.1, -0.05) is 61.5 Å². The first-order valence-electron chi connectivity index (χ1n) is 7.66. The Bertz CT molecular complexity index is 546. The van der Waals surface area contributed by atoms with Crippen LogP contribution in [0.1, 0.15) is 30.0 Å². The van der Waals surface area contributed by atoms with Crippen LogP contribution in [0.5, 0.6) is 0 Å². The molecule has 0 heterocycles. The monoisotopic (exact) mass is 281 g/mol. The predicted octanol–water partition coefficient (Wildman–Crippen LogP) is 3.54. The van der Waals surface area contributed by atoms with Gasteiger partial charge in [0.25, 0.3) is 0 Å². The van der Waals surface area contributed by atoms with Gasteiger partial charge in [0.1, 0.15) is 0 Å². The molecule has 2 aromatic rings. The van der Waals surface area contributed by atoms with Gasteiger partial charge in [0, 0.05) is 13.0 Å². The van der Waals surface area contributed by atoms with E-state index in [1.807, 2.05) is 18.2 Å². The number of carbonyl (C=O) groups excluding carboxylic acids is 1. The van der Waals surface area contributed by atoms with E-state index in [4.69, 9.17) is 0 Å². The van der Waals surface area contributed by atoms with Crippen LogP contribution >= 0.6 is 0 Å². The highest BCUT2D eigenvalue weighted by Gasteiger charge is 2.02. The normalized spacial score (nSPS) is 10.3. The van der Waals surface area contributed by atoms with Crippen molar-refractivity contribution in [2.45, 2.75) is 32.6 Å². The minimum atomic E-state index is 0.130. The van der Waals surface area contributed by atoms with E-state index in [0.717, 1.165) is 19.3 Å². The Kier molecular flexibility index (Phi) is 6.01. The van der Waals surface area contributed by atoms with Gasteiger partial charge in [-0.2, -0.15) is 0 Å². The van der Waals surface area contributed by atoms with Gasteiger partial charge in [0.05, 0.1) is 0 Å². The second-order valence-corrected chi connectivity index (χ2v) is 5.26. The van der Waals surface area contributed by atoms with Crippen molar-refractivity contribution >= 4 is 5.91 Å². The molecule has 0 aliphatic rings. The Morgan fingerprint density at radius 1 is 0.857 bits per heavy atom. The molecule has 0 aromatic heterocycles. The van der Waals surface area contributed by atoms with Crippen molar-refractivity contribution in [2.75, 3.05) is 6.54 Å². The van der Waals surface area contributed by atoms with Gasteiger partial charge < -0.3 is 5.32 Å². The number of nitrogens with one attached hydrogen (secondary N) is 1. The third kappa shape index (κ3) is 5.42. The van der Waals surface area contributed by atoms with E-state index in [1.165, 1.54) is 16.7 Å². The molecule has 0 saturated carbocycles. The second kappa shape index (κ2) is 8.25. The molecule has 2 heteroatoms. The van der Waals surface area contributed by atoms with E-state index in [2.05, 4.69) is 48.6 Å². The Morgan fingerprint density at radius 3 is 2.14 bits per heavy atom. The van der Waals surface area contributed by atoms with Crippen LogP contribution in [-0.4, -0.2) is 12.5 Å². The molecule has 21 heavy (non-hydrogen) atoms. The van der Waals surface area contributed by atoms with E-state index in [-0.39, 0.29) is 5.91 Å². The Morgan fingerprint density at radius 2 is 1.48 bits per heavy atom. The maximum atomic E-state index is 11.8. The molecule has 0 bridgehead atoms. The van der Waals surface area contributed by atoms with Gasteiger partial charge in [0.2, 0.25) is 5.91 Å². The molecule has 0 spiro atoms. The van der Waals surface area contributed by atoms with E-state index in [1.54, 1.807) is 0 Å². The number of benzene rings is 2. The molecular formula is C19H23NO. The third-order valence-corrected chi connectivity index (χ3v) is 3.65. The van der Waals surface area contributed by atoms with Crippen molar-refractivity contribution in [3.63, 3.8) is 0 Å². The number of rotatable bonds is 7. The van der Waals surface area contributed by atoms with Crippen LogP contribution in [0, 0.1) is 0 Å². The molecule has 0 saturated heterocycles. The van der Waals surface area contributed by atoms with Crippen molar-refractivity contribution in [1.82, 2.24) is 5.32 Å². The highest BCUT2D eigenvalue weighted by Crippen LogP contribution is 2.07. The minimum absolute atomic E-state index is 0.130. The van der Waals surface area contributed by atoms with Crippen molar-refractivity contribution in [1.29, 1.82) is 0 Å². The van der Waals surface area contributed by atoms with Crippen molar-refractivity contribution in [3.05, 3.63) is 71.3 Å². The fraction of sp³-hybridized carbons (Fsp3) is 0.316. The molecule has 0 atom stereocenters. The first-order chi connectivity index (χ1) is 10.3. The van der Waals surface area contributed by atoms with E-state index in [9.17, 15) is 4.79 Å². The molecule has 110 valence electrons. The van der Waals surface area contributed by atoms with Crippen LogP contribution in [0.3, 0.4) is 0 Å².